The molecule has 4 heteroatoms. The molecule has 0 rings (SSSR count). The van der Waals surface area contributed by atoms with Crippen molar-refractivity contribution in [1.82, 2.24) is 0 Å². The van der Waals surface area contributed by atoms with Crippen molar-refractivity contribution < 1.29 is 14.3 Å². The Morgan fingerprint density at radius 2 is 1.71 bits per heavy atom. The van der Waals surface area contributed by atoms with Crippen LogP contribution in [0.25, 0.3) is 0 Å². The summed E-state index contributed by atoms with van der Waals surface area (Å²) in [5, 5.41) is -0.101. The summed E-state index contributed by atoms with van der Waals surface area (Å²) in [6, 6.07) is 0. The Kier molecular flexibility index (Phi) is 4.91. The van der Waals surface area contributed by atoms with Crippen LogP contribution in [0.1, 0.15) is 34.6 Å². The predicted molar refractivity (Wildman–Crippen MR) is 57.9 cm³/mol. The van der Waals surface area contributed by atoms with E-state index in [4.69, 9.17) is 4.74 Å². The number of thioether (sulfide) groups is 1. The summed E-state index contributed by atoms with van der Waals surface area (Å²) in [5.41, 5.74) is 0. The molecule has 0 aromatic rings. The normalized spacial score (nSPS) is 12.5. The maximum atomic E-state index is 11.3. The van der Waals surface area contributed by atoms with Crippen LogP contribution in [-0.2, 0) is 14.3 Å². The molecule has 0 saturated carbocycles. The number of esters is 1. The third kappa shape index (κ3) is 7.86. The van der Waals surface area contributed by atoms with Crippen LogP contribution in [0.15, 0.2) is 11.8 Å². The summed E-state index contributed by atoms with van der Waals surface area (Å²) in [4.78, 5) is 21.9. The number of allylic oxidation sites excluding steroid dienone is 1. The fraction of sp³-hybridized carbons (Fsp3) is 0.600. The highest BCUT2D eigenvalue weighted by Gasteiger charge is 2.15. The largest absolute Gasteiger partial charge is 0.431 e. The van der Waals surface area contributed by atoms with Crippen LogP contribution in [0.2, 0.25) is 0 Å². The van der Waals surface area contributed by atoms with E-state index >= 15 is 0 Å². The number of hydrogen-bond acceptors (Lipinski definition) is 4. The molecule has 3 nitrogen and oxygen atoms in total. The van der Waals surface area contributed by atoms with Gasteiger partial charge in [-0.1, -0.05) is 32.5 Å². The van der Waals surface area contributed by atoms with Gasteiger partial charge in [-0.2, -0.15) is 0 Å². The van der Waals surface area contributed by atoms with E-state index in [2.05, 4.69) is 0 Å². The Morgan fingerprint density at radius 3 is 2.07 bits per heavy atom. The second-order valence-electron chi connectivity index (χ2n) is 3.88. The quantitative estimate of drug-likeness (QED) is 0.404. The lowest BCUT2D eigenvalue weighted by molar-refractivity contribution is -0.136. The monoisotopic (exact) mass is 216 g/mol. The van der Waals surface area contributed by atoms with Gasteiger partial charge in [-0.15, -0.1) is 0 Å². The maximum Gasteiger partial charge on any atom is 0.307 e. The van der Waals surface area contributed by atoms with E-state index in [0.29, 0.717) is 5.76 Å². The van der Waals surface area contributed by atoms with Crippen LogP contribution >= 0.6 is 11.8 Å². The summed E-state index contributed by atoms with van der Waals surface area (Å²) in [6.45, 7) is 8.74. The summed E-state index contributed by atoms with van der Waals surface area (Å²) >= 11 is 1.21. The minimum Gasteiger partial charge on any atom is -0.431 e. The lowest BCUT2D eigenvalue weighted by Crippen LogP contribution is -2.11. The van der Waals surface area contributed by atoms with Crippen molar-refractivity contribution in [2.45, 2.75) is 39.4 Å². The molecule has 0 aromatic carbocycles. The Morgan fingerprint density at radius 1 is 1.21 bits per heavy atom. The minimum absolute atomic E-state index is 0.101. The van der Waals surface area contributed by atoms with Crippen LogP contribution in [0.5, 0.6) is 0 Å². The van der Waals surface area contributed by atoms with Crippen LogP contribution in [0.4, 0.5) is 0 Å². The second kappa shape index (κ2) is 5.20. The van der Waals surface area contributed by atoms with Gasteiger partial charge in [-0.25, -0.2) is 0 Å². The lowest BCUT2D eigenvalue weighted by Gasteiger charge is -2.14. The molecule has 0 amide bonds. The topological polar surface area (TPSA) is 43.4 Å². The van der Waals surface area contributed by atoms with Crippen LogP contribution in [0.3, 0.4) is 0 Å². The van der Waals surface area contributed by atoms with Gasteiger partial charge in [0, 0.05) is 17.7 Å². The molecule has 0 bridgehead atoms. The van der Waals surface area contributed by atoms with Gasteiger partial charge in [0.15, 0.2) is 0 Å². The molecule has 0 unspecified atom stereocenters. The fourth-order valence-corrected chi connectivity index (χ4v) is 1.58. The van der Waals surface area contributed by atoms with Crippen molar-refractivity contribution in [3.8, 4) is 0 Å². The Hall–Kier alpha value is -0.770. The highest BCUT2D eigenvalue weighted by atomic mass is 32.2. The molecule has 0 N–H and O–H groups in total. The fourth-order valence-electron chi connectivity index (χ4n) is 0.753. The van der Waals surface area contributed by atoms with Gasteiger partial charge in [0.05, 0.1) is 0 Å². The highest BCUT2D eigenvalue weighted by Crippen LogP contribution is 2.24. The molecular formula is C10H16O3S. The van der Waals surface area contributed by atoms with Crippen molar-refractivity contribution in [1.29, 1.82) is 0 Å². The average molecular weight is 216 g/mol. The molecule has 0 aromatic heterocycles. The van der Waals surface area contributed by atoms with Gasteiger partial charge >= 0.3 is 5.97 Å². The van der Waals surface area contributed by atoms with Gasteiger partial charge in [0.2, 0.25) is 5.12 Å². The van der Waals surface area contributed by atoms with E-state index in [1.807, 2.05) is 20.8 Å². The predicted octanol–water partition coefficient (Wildman–Crippen LogP) is 2.51. The van der Waals surface area contributed by atoms with Crippen LogP contribution in [0, 0.1) is 0 Å². The average Bonchev–Trinajstić information content (AvgIpc) is 1.77. The van der Waals surface area contributed by atoms with E-state index < -0.39 is 5.97 Å². The smallest absolute Gasteiger partial charge is 0.307 e. The Balaban J connectivity index is 4.23. The summed E-state index contributed by atoms with van der Waals surface area (Å²) < 4.78 is 4.60. The van der Waals surface area contributed by atoms with Gasteiger partial charge in [0.25, 0.3) is 0 Å². The summed E-state index contributed by atoms with van der Waals surface area (Å²) in [6.07, 6.45) is 1.33. The zero-order valence-electron chi connectivity index (χ0n) is 9.21. The third-order valence-corrected chi connectivity index (χ3v) is 1.96. The van der Waals surface area contributed by atoms with Crippen LogP contribution < -0.4 is 0 Å². The molecule has 80 valence electrons. The number of carbonyl (C=O) groups excluding carboxylic acids is 2. The van der Waals surface area contributed by atoms with Crippen molar-refractivity contribution in [3.63, 3.8) is 0 Å². The van der Waals surface area contributed by atoms with Gasteiger partial charge < -0.3 is 4.74 Å². The number of rotatable bonds is 2. The molecule has 0 fully saturated rings. The van der Waals surface area contributed by atoms with E-state index in [9.17, 15) is 9.59 Å². The molecule has 14 heavy (non-hydrogen) atoms. The molecule has 0 heterocycles. The molecular weight excluding hydrogens is 200 g/mol. The van der Waals surface area contributed by atoms with Gasteiger partial charge in [0.1, 0.15) is 5.76 Å². The van der Waals surface area contributed by atoms with E-state index in [1.54, 1.807) is 6.92 Å². The van der Waals surface area contributed by atoms with Gasteiger partial charge in [-0.3, -0.25) is 9.59 Å². The van der Waals surface area contributed by atoms with Crippen molar-refractivity contribution in [3.05, 3.63) is 11.8 Å². The van der Waals surface area contributed by atoms with Crippen molar-refractivity contribution in [2.24, 2.45) is 0 Å². The minimum atomic E-state index is -0.410. The van der Waals surface area contributed by atoms with Crippen molar-refractivity contribution >= 4 is 22.8 Å². The number of ether oxygens (including phenoxy) is 1. The van der Waals surface area contributed by atoms with E-state index in [-0.39, 0.29) is 9.86 Å². The Bertz CT molecular complexity index is 261. The molecule has 0 aliphatic heterocycles. The number of carbonyl (C=O) groups is 2. The van der Waals surface area contributed by atoms with E-state index in [1.165, 1.54) is 24.8 Å². The van der Waals surface area contributed by atoms with Crippen LogP contribution in [-0.4, -0.2) is 15.8 Å². The standard InChI is InChI=1S/C10H16O3S/c1-7(13-8(2)11)6-9(12)14-10(3,4)5/h6H,1-5H3/b7-6-. The molecule has 0 atom stereocenters. The molecule has 0 spiro atoms. The first-order chi connectivity index (χ1) is 6.20. The second-order valence-corrected chi connectivity index (χ2v) is 5.71. The molecule has 0 aliphatic carbocycles. The number of hydrogen-bond donors (Lipinski definition) is 0. The summed E-state index contributed by atoms with van der Waals surface area (Å²) in [5.74, 6) is -0.0773. The first kappa shape index (κ1) is 13.2. The zero-order chi connectivity index (χ0) is 11.4. The van der Waals surface area contributed by atoms with Gasteiger partial charge in [-0.05, 0) is 6.92 Å². The lowest BCUT2D eigenvalue weighted by atomic mass is 10.3. The first-order valence-corrected chi connectivity index (χ1v) is 5.12. The maximum absolute atomic E-state index is 11.3. The Labute approximate surface area is 88.9 Å². The third-order valence-electron chi connectivity index (χ3n) is 1.03. The van der Waals surface area contributed by atoms with E-state index in [0.717, 1.165) is 0 Å². The molecule has 0 aliphatic rings. The summed E-state index contributed by atoms with van der Waals surface area (Å²) in [7, 11) is 0. The highest BCUT2D eigenvalue weighted by molar-refractivity contribution is 8.15. The SMILES string of the molecule is CC(=O)O/C(C)=C\C(=O)SC(C)(C)C. The molecule has 0 saturated heterocycles. The molecule has 0 radical (unpaired) electrons. The first-order valence-electron chi connectivity index (χ1n) is 4.30. The zero-order valence-corrected chi connectivity index (χ0v) is 10.0. The van der Waals surface area contributed by atoms with Crippen molar-refractivity contribution in [2.75, 3.05) is 0 Å².